The lowest BCUT2D eigenvalue weighted by molar-refractivity contribution is 0.556. The van der Waals surface area contributed by atoms with Gasteiger partial charge in [-0.1, -0.05) is 125 Å². The van der Waals surface area contributed by atoms with Gasteiger partial charge in [-0.3, -0.25) is 0 Å². The summed E-state index contributed by atoms with van der Waals surface area (Å²) in [4.78, 5) is 2.28. The largest absolute Gasteiger partial charge is 0.118 e. The highest BCUT2D eigenvalue weighted by atomic mass is 32.1. The molecule has 33 heavy (non-hydrogen) atoms. The zero-order valence-corrected chi connectivity index (χ0v) is 20.9. The summed E-state index contributed by atoms with van der Waals surface area (Å²) in [5, 5.41) is 0. The van der Waals surface area contributed by atoms with Gasteiger partial charge in [0.25, 0.3) is 0 Å². The van der Waals surface area contributed by atoms with E-state index in [9.17, 15) is 0 Å². The van der Waals surface area contributed by atoms with E-state index < -0.39 is 0 Å². The molecule has 1 heteroatoms. The van der Waals surface area contributed by atoms with Gasteiger partial charge >= 0.3 is 0 Å². The number of rotatable bonds is 11. The molecule has 0 spiro atoms. The third kappa shape index (κ3) is 9.74. The Bertz CT molecular complexity index is 1050. The number of hydrogen-bond acceptors (Lipinski definition) is 1. The van der Waals surface area contributed by atoms with E-state index >= 15 is 0 Å². The lowest BCUT2D eigenvalue weighted by atomic mass is 10.0. The van der Waals surface area contributed by atoms with Crippen molar-refractivity contribution in [3.63, 3.8) is 0 Å². The van der Waals surface area contributed by atoms with Crippen molar-refractivity contribution >= 4 is 11.3 Å². The highest BCUT2D eigenvalue weighted by molar-refractivity contribution is 7.13. The molecule has 0 saturated carbocycles. The van der Waals surface area contributed by atoms with Crippen molar-refractivity contribution in [2.24, 2.45) is 0 Å². The molecule has 0 N–H and O–H groups in total. The normalized spacial score (nSPS) is 10.2. The fraction of sp³-hybridized carbons (Fsp3) is 0.375. The molecule has 0 atom stereocenters. The molecule has 0 nitrogen and oxygen atoms in total. The maximum Gasteiger partial charge on any atom is 0.0817 e. The first-order chi connectivity index (χ1) is 16.3. The quantitative estimate of drug-likeness (QED) is 0.201. The Balaban J connectivity index is 1.56. The molecule has 1 aromatic heterocycles. The summed E-state index contributed by atoms with van der Waals surface area (Å²) < 4.78 is 0. The first kappa shape index (κ1) is 24.9. The number of hydrogen-bond donors (Lipinski definition) is 0. The SMILES string of the molecule is CCCCCCCCCCCCc1cc(C#Cc2ccccc2)sc1C#Cc1ccccc1. The van der Waals surface area contributed by atoms with Gasteiger partial charge in [0, 0.05) is 11.1 Å². The fourth-order valence-corrected chi connectivity index (χ4v) is 4.81. The lowest BCUT2D eigenvalue weighted by Crippen LogP contribution is -1.87. The van der Waals surface area contributed by atoms with Gasteiger partial charge < -0.3 is 0 Å². The van der Waals surface area contributed by atoms with E-state index in [2.05, 4.69) is 60.9 Å². The van der Waals surface area contributed by atoms with Crippen LogP contribution in [0, 0.1) is 23.7 Å². The van der Waals surface area contributed by atoms with Crippen LogP contribution in [0.1, 0.15) is 97.6 Å². The summed E-state index contributed by atoms with van der Waals surface area (Å²) in [7, 11) is 0. The summed E-state index contributed by atoms with van der Waals surface area (Å²) in [6, 6.07) is 22.7. The standard InChI is InChI=1S/C32H36S/c1-2-3-4-5-6-7-8-9-10-17-22-30-27-31(25-23-28-18-13-11-14-19-28)33-32(30)26-24-29-20-15-12-16-21-29/h11-16,18-21,27H,2-10,17,22H2,1H3. The van der Waals surface area contributed by atoms with Gasteiger partial charge in [-0.25, -0.2) is 0 Å². The minimum Gasteiger partial charge on any atom is -0.118 e. The maximum absolute atomic E-state index is 3.43. The summed E-state index contributed by atoms with van der Waals surface area (Å²) in [6.07, 6.45) is 14.7. The van der Waals surface area contributed by atoms with E-state index in [4.69, 9.17) is 0 Å². The summed E-state index contributed by atoms with van der Waals surface area (Å²) >= 11 is 1.73. The van der Waals surface area contributed by atoms with Crippen LogP contribution in [-0.4, -0.2) is 0 Å². The van der Waals surface area contributed by atoms with Crippen LogP contribution in [0.3, 0.4) is 0 Å². The lowest BCUT2D eigenvalue weighted by Gasteiger charge is -2.02. The average Bonchev–Trinajstić information content (AvgIpc) is 3.25. The molecule has 2 aromatic carbocycles. The third-order valence-electron chi connectivity index (χ3n) is 5.81. The zero-order chi connectivity index (χ0) is 23.0. The monoisotopic (exact) mass is 452 g/mol. The molecular weight excluding hydrogens is 416 g/mol. The topological polar surface area (TPSA) is 0 Å². The average molecular weight is 453 g/mol. The van der Waals surface area contributed by atoms with Gasteiger partial charge in [0.05, 0.1) is 9.75 Å². The Labute approximate surface area is 205 Å². The second kappa shape index (κ2) is 15.2. The van der Waals surface area contributed by atoms with E-state index in [1.165, 1.54) is 74.6 Å². The van der Waals surface area contributed by atoms with E-state index in [-0.39, 0.29) is 0 Å². The van der Waals surface area contributed by atoms with Crippen molar-refractivity contribution in [3.8, 4) is 23.7 Å². The van der Waals surface area contributed by atoms with Gasteiger partial charge in [0.2, 0.25) is 0 Å². The van der Waals surface area contributed by atoms with E-state index in [0.717, 1.165) is 22.4 Å². The van der Waals surface area contributed by atoms with Crippen LogP contribution in [0.15, 0.2) is 66.7 Å². The fourth-order valence-electron chi connectivity index (χ4n) is 3.89. The van der Waals surface area contributed by atoms with E-state index in [1.54, 1.807) is 11.3 Å². The van der Waals surface area contributed by atoms with Crippen LogP contribution < -0.4 is 0 Å². The van der Waals surface area contributed by atoms with Crippen LogP contribution in [0.5, 0.6) is 0 Å². The number of benzene rings is 2. The Morgan fingerprint density at radius 3 is 1.67 bits per heavy atom. The van der Waals surface area contributed by atoms with E-state index in [0.29, 0.717) is 0 Å². The van der Waals surface area contributed by atoms with Crippen molar-refractivity contribution in [1.82, 2.24) is 0 Å². The van der Waals surface area contributed by atoms with Crippen LogP contribution in [0.4, 0.5) is 0 Å². The molecule has 0 saturated heterocycles. The Kier molecular flexibility index (Phi) is 11.4. The molecule has 0 fully saturated rings. The molecule has 0 bridgehead atoms. The molecule has 0 aliphatic carbocycles. The summed E-state index contributed by atoms with van der Waals surface area (Å²) in [6.45, 7) is 2.28. The molecule has 170 valence electrons. The Hall–Kier alpha value is -2.74. The molecule has 3 aromatic rings. The maximum atomic E-state index is 3.43. The van der Waals surface area contributed by atoms with Gasteiger partial charge in [-0.2, -0.15) is 0 Å². The van der Waals surface area contributed by atoms with Crippen LogP contribution in [-0.2, 0) is 6.42 Å². The van der Waals surface area contributed by atoms with Crippen LogP contribution in [0.2, 0.25) is 0 Å². The van der Waals surface area contributed by atoms with Crippen molar-refractivity contribution in [3.05, 3.63) is 93.2 Å². The summed E-state index contributed by atoms with van der Waals surface area (Å²) in [5.41, 5.74) is 3.48. The highest BCUT2D eigenvalue weighted by Gasteiger charge is 2.06. The number of aryl methyl sites for hydroxylation is 1. The number of unbranched alkanes of at least 4 members (excludes halogenated alkanes) is 9. The molecular formula is C32H36S. The Morgan fingerprint density at radius 2 is 1.09 bits per heavy atom. The van der Waals surface area contributed by atoms with Crippen molar-refractivity contribution in [2.45, 2.75) is 77.6 Å². The van der Waals surface area contributed by atoms with Gasteiger partial charge in [0.1, 0.15) is 0 Å². The first-order valence-electron chi connectivity index (χ1n) is 12.6. The van der Waals surface area contributed by atoms with Crippen molar-refractivity contribution in [2.75, 3.05) is 0 Å². The Morgan fingerprint density at radius 1 is 0.576 bits per heavy atom. The molecule has 0 aliphatic rings. The first-order valence-corrected chi connectivity index (χ1v) is 13.4. The molecule has 1 heterocycles. The molecule has 0 radical (unpaired) electrons. The smallest absolute Gasteiger partial charge is 0.0817 e. The van der Waals surface area contributed by atoms with Gasteiger partial charge in [0.15, 0.2) is 0 Å². The molecule has 0 amide bonds. The summed E-state index contributed by atoms with van der Waals surface area (Å²) in [5.74, 6) is 13.4. The van der Waals surface area contributed by atoms with Crippen molar-refractivity contribution < 1.29 is 0 Å². The zero-order valence-electron chi connectivity index (χ0n) is 20.0. The van der Waals surface area contributed by atoms with Crippen LogP contribution in [0.25, 0.3) is 0 Å². The second-order valence-electron chi connectivity index (χ2n) is 8.63. The minimum atomic E-state index is 1.05. The highest BCUT2D eigenvalue weighted by Crippen LogP contribution is 2.24. The van der Waals surface area contributed by atoms with Crippen molar-refractivity contribution in [1.29, 1.82) is 0 Å². The predicted molar refractivity (Wildman–Crippen MR) is 145 cm³/mol. The molecule has 0 aliphatic heterocycles. The van der Waals surface area contributed by atoms with Crippen LogP contribution >= 0.6 is 11.3 Å². The second-order valence-corrected chi connectivity index (χ2v) is 9.68. The minimum absolute atomic E-state index is 1.05. The number of thiophene rings is 1. The third-order valence-corrected chi connectivity index (χ3v) is 6.81. The van der Waals surface area contributed by atoms with E-state index in [1.807, 2.05) is 36.4 Å². The van der Waals surface area contributed by atoms with Gasteiger partial charge in [-0.15, -0.1) is 11.3 Å². The predicted octanol–water partition coefficient (Wildman–Crippen LogP) is 9.01. The molecule has 3 rings (SSSR count). The molecule has 0 unspecified atom stereocenters. The van der Waals surface area contributed by atoms with Gasteiger partial charge in [-0.05, 0) is 48.7 Å².